The predicted molar refractivity (Wildman–Crippen MR) is 91.1 cm³/mol. The highest BCUT2D eigenvalue weighted by Crippen LogP contribution is 2.30. The molecule has 2 unspecified atom stereocenters. The molecule has 0 bridgehead atoms. The maximum Gasteiger partial charge on any atom is 0.0438 e. The lowest BCUT2D eigenvalue weighted by molar-refractivity contribution is 0.295. The zero-order valence-electron chi connectivity index (χ0n) is 14.0. The van der Waals surface area contributed by atoms with E-state index in [-0.39, 0.29) is 0 Å². The van der Waals surface area contributed by atoms with Crippen molar-refractivity contribution in [3.05, 3.63) is 29.3 Å². The van der Waals surface area contributed by atoms with Crippen LogP contribution in [0, 0.1) is 11.8 Å². The first-order valence-electron chi connectivity index (χ1n) is 8.68. The van der Waals surface area contributed by atoms with Crippen LogP contribution in [0.2, 0.25) is 0 Å². The Morgan fingerprint density at radius 3 is 2.52 bits per heavy atom. The van der Waals surface area contributed by atoms with Crippen molar-refractivity contribution in [2.45, 2.75) is 59.0 Å². The molecule has 2 atom stereocenters. The Morgan fingerprint density at radius 1 is 1.05 bits per heavy atom. The van der Waals surface area contributed by atoms with E-state index in [2.05, 4.69) is 56.1 Å². The molecule has 2 heteroatoms. The second-order valence-electron chi connectivity index (χ2n) is 7.53. The standard InChI is InChI=1S/C19H30N2/c1-13(2)18-12-21(19(11-20-18)14(3)4)17-9-8-15-6-5-7-16(15)10-17/h8-10,13-14,18-20H,5-7,11-12H2,1-4H3. The fourth-order valence-electron chi connectivity index (χ4n) is 3.87. The summed E-state index contributed by atoms with van der Waals surface area (Å²) in [4.78, 5) is 2.67. The van der Waals surface area contributed by atoms with E-state index in [1.54, 1.807) is 11.1 Å². The molecule has 0 amide bonds. The zero-order valence-corrected chi connectivity index (χ0v) is 14.0. The van der Waals surface area contributed by atoms with Crippen molar-refractivity contribution in [1.29, 1.82) is 0 Å². The lowest BCUT2D eigenvalue weighted by atomic mass is 9.93. The van der Waals surface area contributed by atoms with Gasteiger partial charge in [-0.15, -0.1) is 0 Å². The van der Waals surface area contributed by atoms with Crippen molar-refractivity contribution < 1.29 is 0 Å². The summed E-state index contributed by atoms with van der Waals surface area (Å²) in [5.74, 6) is 1.37. The van der Waals surface area contributed by atoms with Gasteiger partial charge in [0.2, 0.25) is 0 Å². The molecule has 0 radical (unpaired) electrons. The van der Waals surface area contributed by atoms with E-state index in [4.69, 9.17) is 0 Å². The normalized spacial score (nSPS) is 25.7. The van der Waals surface area contributed by atoms with E-state index >= 15 is 0 Å². The minimum atomic E-state index is 0.605. The summed E-state index contributed by atoms with van der Waals surface area (Å²) in [5, 5.41) is 3.76. The van der Waals surface area contributed by atoms with Crippen LogP contribution >= 0.6 is 0 Å². The summed E-state index contributed by atoms with van der Waals surface area (Å²) < 4.78 is 0. The third-order valence-electron chi connectivity index (χ3n) is 5.37. The molecule has 1 aliphatic heterocycles. The van der Waals surface area contributed by atoms with Crippen LogP contribution in [-0.4, -0.2) is 25.2 Å². The predicted octanol–water partition coefficient (Wildman–Crippen LogP) is 3.63. The van der Waals surface area contributed by atoms with Crippen molar-refractivity contribution in [3.8, 4) is 0 Å². The first-order valence-corrected chi connectivity index (χ1v) is 8.68. The van der Waals surface area contributed by atoms with Gasteiger partial charge in [-0.1, -0.05) is 33.8 Å². The molecule has 3 rings (SSSR count). The van der Waals surface area contributed by atoms with Crippen molar-refractivity contribution in [3.63, 3.8) is 0 Å². The van der Waals surface area contributed by atoms with E-state index in [1.807, 2.05) is 0 Å². The monoisotopic (exact) mass is 286 g/mol. The van der Waals surface area contributed by atoms with Gasteiger partial charge in [0.1, 0.15) is 0 Å². The Balaban J connectivity index is 1.87. The van der Waals surface area contributed by atoms with Gasteiger partial charge in [-0.25, -0.2) is 0 Å². The summed E-state index contributed by atoms with van der Waals surface area (Å²) >= 11 is 0. The van der Waals surface area contributed by atoms with Crippen LogP contribution in [0.4, 0.5) is 5.69 Å². The maximum atomic E-state index is 3.76. The van der Waals surface area contributed by atoms with Gasteiger partial charge in [-0.2, -0.15) is 0 Å². The van der Waals surface area contributed by atoms with E-state index in [0.717, 1.165) is 13.1 Å². The Hall–Kier alpha value is -1.02. The van der Waals surface area contributed by atoms with Crippen LogP contribution in [0.3, 0.4) is 0 Å². The van der Waals surface area contributed by atoms with E-state index in [9.17, 15) is 0 Å². The van der Waals surface area contributed by atoms with Gasteiger partial charge in [0.25, 0.3) is 0 Å². The smallest absolute Gasteiger partial charge is 0.0438 e. The second kappa shape index (κ2) is 6.00. The zero-order chi connectivity index (χ0) is 15.0. The Morgan fingerprint density at radius 2 is 1.81 bits per heavy atom. The van der Waals surface area contributed by atoms with Crippen LogP contribution in [0.25, 0.3) is 0 Å². The van der Waals surface area contributed by atoms with Crippen LogP contribution in [0.5, 0.6) is 0 Å². The van der Waals surface area contributed by atoms with Crippen LogP contribution in [-0.2, 0) is 12.8 Å². The van der Waals surface area contributed by atoms with Gasteiger partial charge in [0.05, 0.1) is 0 Å². The Labute approximate surface area is 129 Å². The highest BCUT2D eigenvalue weighted by molar-refractivity contribution is 5.53. The SMILES string of the molecule is CC(C)C1CN(c2ccc3c(c2)CCC3)C(C(C)C)CN1. The Kier molecular flexibility index (Phi) is 4.26. The molecule has 21 heavy (non-hydrogen) atoms. The van der Waals surface area contributed by atoms with Crippen molar-refractivity contribution >= 4 is 5.69 Å². The summed E-state index contributed by atoms with van der Waals surface area (Å²) in [5.41, 5.74) is 4.62. The topological polar surface area (TPSA) is 15.3 Å². The van der Waals surface area contributed by atoms with E-state index < -0.39 is 0 Å². The number of aryl methyl sites for hydroxylation is 2. The third-order valence-corrected chi connectivity index (χ3v) is 5.37. The van der Waals surface area contributed by atoms with E-state index in [0.29, 0.717) is 23.9 Å². The quantitative estimate of drug-likeness (QED) is 0.912. The molecule has 116 valence electrons. The third kappa shape index (κ3) is 2.96. The molecule has 2 aliphatic rings. The lowest BCUT2D eigenvalue weighted by Crippen LogP contribution is -2.60. The minimum absolute atomic E-state index is 0.605. The van der Waals surface area contributed by atoms with Crippen molar-refractivity contribution in [2.24, 2.45) is 11.8 Å². The number of piperazine rings is 1. The molecule has 1 N–H and O–H groups in total. The molecule has 1 aromatic rings. The first-order chi connectivity index (χ1) is 10.1. The number of hydrogen-bond acceptors (Lipinski definition) is 2. The van der Waals surface area contributed by atoms with Crippen LogP contribution < -0.4 is 10.2 Å². The molecule has 1 saturated heterocycles. The highest BCUT2D eigenvalue weighted by atomic mass is 15.2. The van der Waals surface area contributed by atoms with Gasteiger partial charge in [-0.05, 0) is 54.4 Å². The summed E-state index contributed by atoms with van der Waals surface area (Å²) in [6.45, 7) is 11.6. The lowest BCUT2D eigenvalue weighted by Gasteiger charge is -2.45. The van der Waals surface area contributed by atoms with Crippen LogP contribution in [0.1, 0.15) is 45.2 Å². The molecule has 1 heterocycles. The number of nitrogens with zero attached hydrogens (tertiary/aromatic N) is 1. The van der Waals surface area contributed by atoms with Gasteiger partial charge in [0, 0.05) is 30.9 Å². The molecule has 2 nitrogen and oxygen atoms in total. The highest BCUT2D eigenvalue weighted by Gasteiger charge is 2.31. The van der Waals surface area contributed by atoms with Gasteiger partial charge < -0.3 is 10.2 Å². The molecular weight excluding hydrogens is 256 g/mol. The molecule has 0 saturated carbocycles. The van der Waals surface area contributed by atoms with Crippen molar-refractivity contribution in [2.75, 3.05) is 18.0 Å². The molecule has 1 fully saturated rings. The van der Waals surface area contributed by atoms with Gasteiger partial charge >= 0.3 is 0 Å². The number of rotatable bonds is 3. The summed E-state index contributed by atoms with van der Waals surface area (Å²) in [6, 6.07) is 8.43. The van der Waals surface area contributed by atoms with Crippen LogP contribution in [0.15, 0.2) is 18.2 Å². The molecule has 0 aromatic heterocycles. The summed E-state index contributed by atoms with van der Waals surface area (Å²) in [7, 11) is 0. The number of nitrogens with one attached hydrogen (secondary N) is 1. The number of anilines is 1. The average Bonchev–Trinajstić information content (AvgIpc) is 2.93. The number of benzene rings is 1. The molecule has 0 spiro atoms. The molecule has 1 aromatic carbocycles. The largest absolute Gasteiger partial charge is 0.365 e. The van der Waals surface area contributed by atoms with Gasteiger partial charge in [0.15, 0.2) is 0 Å². The summed E-state index contributed by atoms with van der Waals surface area (Å²) in [6.07, 6.45) is 3.89. The Bertz CT molecular complexity index is 492. The number of fused-ring (bicyclic) bond motifs is 1. The first kappa shape index (κ1) is 14.9. The molecular formula is C19H30N2. The fraction of sp³-hybridized carbons (Fsp3) is 0.684. The maximum absolute atomic E-state index is 3.76. The fourth-order valence-corrected chi connectivity index (χ4v) is 3.87. The van der Waals surface area contributed by atoms with Crippen molar-refractivity contribution in [1.82, 2.24) is 5.32 Å². The minimum Gasteiger partial charge on any atom is -0.365 e. The van der Waals surface area contributed by atoms with Gasteiger partial charge in [-0.3, -0.25) is 0 Å². The van der Waals surface area contributed by atoms with E-state index in [1.165, 1.54) is 24.9 Å². The average molecular weight is 286 g/mol. The molecule has 1 aliphatic carbocycles. The number of hydrogen-bond donors (Lipinski definition) is 1. The second-order valence-corrected chi connectivity index (χ2v) is 7.53.